The predicted molar refractivity (Wildman–Crippen MR) is 181 cm³/mol. The number of aliphatic imine (C=N–C) groups is 1. The zero-order valence-electron chi connectivity index (χ0n) is 26.6. The summed E-state index contributed by atoms with van der Waals surface area (Å²) in [4.78, 5) is 32.2. The number of allylic oxidation sites excluding steroid dienone is 1. The molecule has 4 aromatic carbocycles. The molecule has 0 bridgehead atoms. The molecule has 0 fully saturated rings. The molecule has 1 aliphatic rings. The molecule has 242 valence electrons. The van der Waals surface area contributed by atoms with Gasteiger partial charge in [-0.15, -0.1) is 0 Å². The molecule has 2 amide bonds. The second-order valence-corrected chi connectivity index (χ2v) is 12.4. The lowest BCUT2D eigenvalue weighted by molar-refractivity contribution is -0.119. The van der Waals surface area contributed by atoms with Crippen molar-refractivity contribution < 1.29 is 28.2 Å². The standard InChI is InChI=1S/C37H35ClFN3O5/c1-36(2,3)42-34(43)29-22-28(41-35(44)37(18-7-19-40-37)25-12-16-31(45-4)32(21-25)46-5)15-17-30(29)47-33(23-10-13-27(39)14-11-23)24-8-6-9-26(38)20-24/h6-22,33H,1-5H3,(H,41,44)(H,42,43). The van der Waals surface area contributed by atoms with Crippen LogP contribution < -0.4 is 24.8 Å². The van der Waals surface area contributed by atoms with E-state index in [4.69, 9.17) is 25.8 Å². The smallest absolute Gasteiger partial charge is 0.260 e. The lowest BCUT2D eigenvalue weighted by atomic mass is 9.89. The van der Waals surface area contributed by atoms with Gasteiger partial charge in [-0.25, -0.2) is 4.39 Å². The number of benzene rings is 4. The average Bonchev–Trinajstić information content (AvgIpc) is 3.55. The van der Waals surface area contributed by atoms with Crippen molar-refractivity contribution in [2.45, 2.75) is 38.0 Å². The fourth-order valence-corrected chi connectivity index (χ4v) is 5.38. The van der Waals surface area contributed by atoms with E-state index in [2.05, 4.69) is 15.6 Å². The van der Waals surface area contributed by atoms with Crippen molar-refractivity contribution in [3.05, 3.63) is 130 Å². The molecule has 0 aromatic heterocycles. The van der Waals surface area contributed by atoms with E-state index in [1.165, 1.54) is 26.4 Å². The number of rotatable bonds is 10. The van der Waals surface area contributed by atoms with Crippen molar-refractivity contribution in [3.63, 3.8) is 0 Å². The number of methoxy groups -OCH3 is 2. The van der Waals surface area contributed by atoms with Crippen LogP contribution in [0.2, 0.25) is 5.02 Å². The summed E-state index contributed by atoms with van der Waals surface area (Å²) in [5.74, 6) is -0.0522. The Labute approximate surface area is 278 Å². The highest BCUT2D eigenvalue weighted by atomic mass is 35.5. The van der Waals surface area contributed by atoms with Gasteiger partial charge in [-0.3, -0.25) is 14.6 Å². The molecule has 8 nitrogen and oxygen atoms in total. The molecule has 2 unspecified atom stereocenters. The number of carbonyl (C=O) groups excluding carboxylic acids is 2. The van der Waals surface area contributed by atoms with Crippen LogP contribution in [0.25, 0.3) is 0 Å². The molecule has 0 radical (unpaired) electrons. The Kier molecular flexibility index (Phi) is 9.67. The van der Waals surface area contributed by atoms with Gasteiger partial charge in [0, 0.05) is 22.5 Å². The highest BCUT2D eigenvalue weighted by molar-refractivity contribution is 6.30. The van der Waals surface area contributed by atoms with Crippen molar-refractivity contribution in [2.75, 3.05) is 19.5 Å². The number of hydrogen-bond donors (Lipinski definition) is 2. The minimum absolute atomic E-state index is 0.178. The molecule has 2 N–H and O–H groups in total. The van der Waals surface area contributed by atoms with Gasteiger partial charge in [0.05, 0.1) is 19.8 Å². The summed E-state index contributed by atoms with van der Waals surface area (Å²) < 4.78 is 31.2. The summed E-state index contributed by atoms with van der Waals surface area (Å²) in [5.41, 5.74) is 0.477. The summed E-state index contributed by atoms with van der Waals surface area (Å²) in [5, 5.41) is 6.40. The van der Waals surface area contributed by atoms with E-state index in [0.29, 0.717) is 38.9 Å². The highest BCUT2D eigenvalue weighted by Crippen LogP contribution is 2.38. The van der Waals surface area contributed by atoms with Gasteiger partial charge in [0.1, 0.15) is 17.7 Å². The lowest BCUT2D eigenvalue weighted by Gasteiger charge is -2.26. The van der Waals surface area contributed by atoms with Crippen molar-refractivity contribution in [3.8, 4) is 17.2 Å². The average molecular weight is 656 g/mol. The van der Waals surface area contributed by atoms with E-state index >= 15 is 0 Å². The van der Waals surface area contributed by atoms with Gasteiger partial charge in [-0.2, -0.15) is 0 Å². The monoisotopic (exact) mass is 655 g/mol. The Bertz CT molecular complexity index is 1840. The van der Waals surface area contributed by atoms with Crippen LogP contribution in [-0.4, -0.2) is 37.8 Å². The number of hydrogen-bond acceptors (Lipinski definition) is 6. The van der Waals surface area contributed by atoms with Crippen LogP contribution >= 0.6 is 11.6 Å². The quantitative estimate of drug-likeness (QED) is 0.183. The Hall–Kier alpha value is -5.15. The molecular formula is C37H35ClFN3O5. The molecule has 1 aliphatic heterocycles. The van der Waals surface area contributed by atoms with Crippen molar-refractivity contribution in [1.29, 1.82) is 0 Å². The first-order valence-corrected chi connectivity index (χ1v) is 15.2. The zero-order valence-corrected chi connectivity index (χ0v) is 27.4. The number of halogens is 2. The molecular weight excluding hydrogens is 621 g/mol. The van der Waals surface area contributed by atoms with Gasteiger partial charge in [-0.1, -0.05) is 41.9 Å². The first-order valence-electron chi connectivity index (χ1n) is 14.8. The summed E-state index contributed by atoms with van der Waals surface area (Å²) in [6.07, 6.45) is 4.20. The highest BCUT2D eigenvalue weighted by Gasteiger charge is 2.40. The second kappa shape index (κ2) is 13.7. The van der Waals surface area contributed by atoms with Crippen LogP contribution in [0.3, 0.4) is 0 Å². The normalized spacial score (nSPS) is 16.0. The Balaban J connectivity index is 1.53. The summed E-state index contributed by atoms with van der Waals surface area (Å²) in [6.45, 7) is 5.59. The molecule has 1 heterocycles. The molecule has 0 spiro atoms. The Morgan fingerprint density at radius 1 is 0.872 bits per heavy atom. The summed E-state index contributed by atoms with van der Waals surface area (Å²) in [6, 6.07) is 23.0. The minimum atomic E-state index is -1.39. The second-order valence-electron chi connectivity index (χ2n) is 11.9. The van der Waals surface area contributed by atoms with Gasteiger partial charge in [0.25, 0.3) is 11.8 Å². The lowest BCUT2D eigenvalue weighted by Crippen LogP contribution is -2.41. The van der Waals surface area contributed by atoms with E-state index in [1.54, 1.807) is 85.1 Å². The minimum Gasteiger partial charge on any atom is -0.493 e. The molecule has 0 saturated carbocycles. The zero-order chi connectivity index (χ0) is 33.8. The number of nitrogens with one attached hydrogen (secondary N) is 2. The predicted octanol–water partition coefficient (Wildman–Crippen LogP) is 7.67. The van der Waals surface area contributed by atoms with Gasteiger partial charge in [-0.05, 0) is 104 Å². The third-order valence-electron chi connectivity index (χ3n) is 7.41. The van der Waals surface area contributed by atoms with E-state index in [0.717, 1.165) is 0 Å². The third-order valence-corrected chi connectivity index (χ3v) is 7.65. The summed E-state index contributed by atoms with van der Waals surface area (Å²) in [7, 11) is 3.05. The number of nitrogens with zero attached hydrogens (tertiary/aromatic N) is 1. The fourth-order valence-electron chi connectivity index (χ4n) is 5.18. The van der Waals surface area contributed by atoms with E-state index < -0.39 is 34.8 Å². The van der Waals surface area contributed by atoms with Crippen molar-refractivity contribution in [2.24, 2.45) is 4.99 Å². The van der Waals surface area contributed by atoms with E-state index in [-0.39, 0.29) is 11.3 Å². The van der Waals surface area contributed by atoms with Crippen LogP contribution in [-0.2, 0) is 10.3 Å². The number of carbonyl (C=O) groups is 2. The van der Waals surface area contributed by atoms with Crippen LogP contribution in [0.4, 0.5) is 10.1 Å². The van der Waals surface area contributed by atoms with Gasteiger partial charge < -0.3 is 24.8 Å². The Morgan fingerprint density at radius 2 is 1.60 bits per heavy atom. The van der Waals surface area contributed by atoms with Crippen LogP contribution in [0, 0.1) is 5.82 Å². The molecule has 5 rings (SSSR count). The molecule has 10 heteroatoms. The topological polar surface area (TPSA) is 98.2 Å². The molecule has 2 atom stereocenters. The number of ether oxygens (including phenoxy) is 3. The fraction of sp³-hybridized carbons (Fsp3) is 0.216. The summed E-state index contributed by atoms with van der Waals surface area (Å²) >= 11 is 6.32. The molecule has 0 aliphatic carbocycles. The largest absolute Gasteiger partial charge is 0.493 e. The number of anilines is 1. The maximum absolute atomic E-state index is 14.0. The van der Waals surface area contributed by atoms with Crippen molar-refractivity contribution >= 4 is 35.3 Å². The third kappa shape index (κ3) is 7.47. The number of amides is 2. The van der Waals surface area contributed by atoms with E-state index in [9.17, 15) is 14.0 Å². The van der Waals surface area contributed by atoms with E-state index in [1.807, 2.05) is 26.8 Å². The van der Waals surface area contributed by atoms with Crippen LogP contribution in [0.5, 0.6) is 17.2 Å². The molecule has 47 heavy (non-hydrogen) atoms. The van der Waals surface area contributed by atoms with Crippen LogP contribution in [0.15, 0.2) is 102 Å². The van der Waals surface area contributed by atoms with Crippen molar-refractivity contribution in [1.82, 2.24) is 5.32 Å². The molecule has 4 aromatic rings. The maximum atomic E-state index is 14.0. The van der Waals surface area contributed by atoms with Crippen LogP contribution in [0.1, 0.15) is 53.9 Å². The van der Waals surface area contributed by atoms with Gasteiger partial charge in [0.15, 0.2) is 17.0 Å². The molecule has 0 saturated heterocycles. The SMILES string of the molecule is COc1ccc(C2(C(=O)Nc3ccc(OC(c4ccc(F)cc4)c4cccc(Cl)c4)c(C(=O)NC(C)(C)C)c3)C=CC=N2)cc1OC. The first-order chi connectivity index (χ1) is 22.4. The van der Waals surface area contributed by atoms with Gasteiger partial charge in [0.2, 0.25) is 0 Å². The first kappa shape index (κ1) is 33.2. The Morgan fingerprint density at radius 3 is 2.23 bits per heavy atom. The van der Waals surface area contributed by atoms with Gasteiger partial charge >= 0.3 is 0 Å². The maximum Gasteiger partial charge on any atom is 0.260 e.